The lowest BCUT2D eigenvalue weighted by atomic mass is 9.66. The molecule has 0 fully saturated rings. The minimum absolute atomic E-state index is 0.151. The van der Waals surface area contributed by atoms with Gasteiger partial charge >= 0.3 is 0 Å². The Morgan fingerprint density at radius 2 is 2.04 bits per heavy atom. The Balaban J connectivity index is 1.66. The van der Waals surface area contributed by atoms with Crippen LogP contribution in [-0.2, 0) is 5.41 Å². The van der Waals surface area contributed by atoms with Crippen molar-refractivity contribution in [2.75, 3.05) is 11.1 Å². The van der Waals surface area contributed by atoms with Crippen molar-refractivity contribution in [1.82, 2.24) is 4.98 Å². The van der Waals surface area contributed by atoms with E-state index in [1.807, 2.05) is 18.2 Å². The highest BCUT2D eigenvalue weighted by Crippen LogP contribution is 2.54. The summed E-state index contributed by atoms with van der Waals surface area (Å²) in [7, 11) is 0. The number of nitro groups is 1. The lowest BCUT2D eigenvalue weighted by molar-refractivity contribution is -0.385. The first-order valence-corrected chi connectivity index (χ1v) is 10.0. The molecule has 0 spiro atoms. The van der Waals surface area contributed by atoms with Crippen LogP contribution in [0.15, 0.2) is 53.6 Å². The maximum Gasteiger partial charge on any atom is 0.269 e. The molecule has 0 radical (unpaired) electrons. The average molecular weight is 377 g/mol. The molecule has 0 unspecified atom stereocenters. The van der Waals surface area contributed by atoms with Gasteiger partial charge in [-0.25, -0.2) is 4.98 Å². The van der Waals surface area contributed by atoms with E-state index in [-0.39, 0.29) is 22.1 Å². The van der Waals surface area contributed by atoms with Crippen LogP contribution in [-0.4, -0.2) is 15.7 Å². The van der Waals surface area contributed by atoms with E-state index in [1.165, 1.54) is 5.56 Å². The summed E-state index contributed by atoms with van der Waals surface area (Å²) >= 11 is 1.79. The predicted molar refractivity (Wildman–Crippen MR) is 108 cm³/mol. The molecule has 27 heavy (non-hydrogen) atoms. The number of hydrogen-bond acceptors (Lipinski definition) is 5. The molecule has 0 aliphatic carbocycles. The van der Waals surface area contributed by atoms with Crippen LogP contribution in [0.1, 0.15) is 31.0 Å². The van der Waals surface area contributed by atoms with Crippen molar-refractivity contribution >= 4 is 34.0 Å². The summed E-state index contributed by atoms with van der Waals surface area (Å²) < 4.78 is 0. The minimum atomic E-state index is -0.316. The number of pyridine rings is 1. The number of para-hydroxylation sites is 1. The van der Waals surface area contributed by atoms with Gasteiger partial charge in [0.05, 0.1) is 16.5 Å². The van der Waals surface area contributed by atoms with E-state index in [4.69, 9.17) is 4.98 Å². The van der Waals surface area contributed by atoms with Gasteiger partial charge in [0, 0.05) is 40.4 Å². The van der Waals surface area contributed by atoms with Gasteiger partial charge in [-0.2, -0.15) is 0 Å². The van der Waals surface area contributed by atoms with E-state index < -0.39 is 0 Å². The quantitative estimate of drug-likeness (QED) is 0.460. The summed E-state index contributed by atoms with van der Waals surface area (Å²) in [5.41, 5.74) is 4.24. The first-order valence-electron chi connectivity index (χ1n) is 9.03. The summed E-state index contributed by atoms with van der Waals surface area (Å²) in [6, 6.07) is 15.8. The third-order valence-corrected chi connectivity index (χ3v) is 7.13. The average Bonchev–Trinajstić information content (AvgIpc) is 2.66. The Morgan fingerprint density at radius 1 is 1.22 bits per heavy atom. The van der Waals surface area contributed by atoms with E-state index >= 15 is 0 Å². The standard InChI is InChI=1S/C21H19N3O2S/c1-21(2)15-10-13(24(25)26)7-8-18(15)22-19-14-9-12-5-3-4-6-17(12)23-20(14)27-11-16(19)21/h3-10,16,19,22H,11H2,1-2H3/t16-,19+/m1/s1. The number of fused-ring (bicyclic) bond motifs is 5. The zero-order valence-electron chi connectivity index (χ0n) is 15.1. The monoisotopic (exact) mass is 377 g/mol. The molecule has 1 N–H and O–H groups in total. The highest BCUT2D eigenvalue weighted by molar-refractivity contribution is 7.99. The number of thioether (sulfide) groups is 1. The van der Waals surface area contributed by atoms with Crippen LogP contribution in [0.2, 0.25) is 0 Å². The van der Waals surface area contributed by atoms with Crippen LogP contribution in [0.3, 0.4) is 0 Å². The first kappa shape index (κ1) is 16.6. The zero-order valence-corrected chi connectivity index (χ0v) is 15.9. The molecule has 0 amide bonds. The molecule has 2 aromatic carbocycles. The molecule has 2 atom stereocenters. The van der Waals surface area contributed by atoms with Crippen molar-refractivity contribution in [3.63, 3.8) is 0 Å². The van der Waals surface area contributed by atoms with Gasteiger partial charge in [-0.1, -0.05) is 32.0 Å². The van der Waals surface area contributed by atoms with E-state index in [9.17, 15) is 10.1 Å². The Kier molecular flexibility index (Phi) is 3.49. The van der Waals surface area contributed by atoms with Crippen LogP contribution in [0.25, 0.3) is 10.9 Å². The van der Waals surface area contributed by atoms with Gasteiger partial charge in [-0.3, -0.25) is 10.1 Å². The van der Waals surface area contributed by atoms with Crippen LogP contribution in [0, 0.1) is 16.0 Å². The second-order valence-corrected chi connectivity index (χ2v) is 8.83. The van der Waals surface area contributed by atoms with Gasteiger partial charge < -0.3 is 5.32 Å². The number of non-ortho nitro benzene ring substituents is 1. The third-order valence-electron chi connectivity index (χ3n) is 6.00. The molecule has 5 nitrogen and oxygen atoms in total. The number of rotatable bonds is 1. The maximum atomic E-state index is 11.2. The zero-order chi connectivity index (χ0) is 18.8. The summed E-state index contributed by atoms with van der Waals surface area (Å²) in [5.74, 6) is 1.26. The fourth-order valence-electron chi connectivity index (χ4n) is 4.41. The topological polar surface area (TPSA) is 68.1 Å². The van der Waals surface area contributed by atoms with Gasteiger partial charge in [0.1, 0.15) is 5.03 Å². The molecule has 0 saturated heterocycles. The van der Waals surface area contributed by atoms with Crippen LogP contribution < -0.4 is 5.32 Å². The van der Waals surface area contributed by atoms with E-state index in [0.717, 1.165) is 32.9 Å². The highest BCUT2D eigenvalue weighted by Gasteiger charge is 2.46. The SMILES string of the molecule is CC1(C)c2cc([N+](=O)[O-])ccc2N[C@H]2c3cc4ccccc4nc3SC[C@H]21. The van der Waals surface area contributed by atoms with Gasteiger partial charge in [0.25, 0.3) is 5.69 Å². The maximum absolute atomic E-state index is 11.2. The second-order valence-electron chi connectivity index (χ2n) is 7.82. The van der Waals surface area contributed by atoms with Crippen LogP contribution in [0.4, 0.5) is 11.4 Å². The summed E-state index contributed by atoms with van der Waals surface area (Å²) in [6.07, 6.45) is 0. The lowest BCUT2D eigenvalue weighted by Crippen LogP contribution is -2.44. The van der Waals surface area contributed by atoms with E-state index in [1.54, 1.807) is 23.9 Å². The van der Waals surface area contributed by atoms with Gasteiger partial charge in [0.2, 0.25) is 0 Å². The molecule has 0 bridgehead atoms. The molecule has 2 aliphatic rings. The number of nitro benzene ring substituents is 1. The van der Waals surface area contributed by atoms with Gasteiger partial charge in [-0.05, 0) is 29.2 Å². The molecule has 2 aliphatic heterocycles. The number of nitrogens with zero attached hydrogens (tertiary/aromatic N) is 2. The van der Waals surface area contributed by atoms with Gasteiger partial charge in [0.15, 0.2) is 0 Å². The number of benzene rings is 2. The summed E-state index contributed by atoms with van der Waals surface area (Å²) in [4.78, 5) is 15.8. The molecule has 5 rings (SSSR count). The first-order chi connectivity index (χ1) is 12.9. The van der Waals surface area contributed by atoms with E-state index in [2.05, 4.69) is 37.4 Å². The number of anilines is 1. The Labute approximate surface area is 161 Å². The van der Waals surface area contributed by atoms with Crippen molar-refractivity contribution in [2.24, 2.45) is 5.92 Å². The second kappa shape index (κ2) is 5.70. The van der Waals surface area contributed by atoms with Crippen molar-refractivity contribution in [1.29, 1.82) is 0 Å². The third kappa shape index (κ3) is 2.43. The number of aromatic nitrogens is 1. The van der Waals surface area contributed by atoms with Gasteiger partial charge in [-0.15, -0.1) is 11.8 Å². The fraction of sp³-hybridized carbons (Fsp3) is 0.286. The van der Waals surface area contributed by atoms with E-state index in [0.29, 0.717) is 5.92 Å². The van der Waals surface area contributed by atoms with Crippen molar-refractivity contribution in [2.45, 2.75) is 30.3 Å². The van der Waals surface area contributed by atoms with Crippen LogP contribution >= 0.6 is 11.8 Å². The van der Waals surface area contributed by atoms with Crippen molar-refractivity contribution < 1.29 is 4.92 Å². The smallest absolute Gasteiger partial charge is 0.269 e. The Bertz CT molecular complexity index is 1100. The molecule has 6 heteroatoms. The highest BCUT2D eigenvalue weighted by atomic mass is 32.2. The van der Waals surface area contributed by atoms with Crippen LogP contribution in [0.5, 0.6) is 0 Å². The lowest BCUT2D eigenvalue weighted by Gasteiger charge is -2.48. The molecule has 1 aromatic heterocycles. The molecule has 136 valence electrons. The summed E-state index contributed by atoms with van der Waals surface area (Å²) in [5, 5.41) is 17.1. The minimum Gasteiger partial charge on any atom is -0.378 e. The Morgan fingerprint density at radius 3 is 2.85 bits per heavy atom. The normalized spacial score (nSPS) is 22.3. The molecular weight excluding hydrogens is 358 g/mol. The Hall–Kier alpha value is -2.60. The molecule has 3 heterocycles. The predicted octanol–water partition coefficient (Wildman–Crippen LogP) is 5.31. The van der Waals surface area contributed by atoms with Crippen molar-refractivity contribution in [3.05, 3.63) is 69.8 Å². The number of hydrogen-bond donors (Lipinski definition) is 1. The fourth-order valence-corrected chi connectivity index (χ4v) is 5.87. The summed E-state index contributed by atoms with van der Waals surface area (Å²) in [6.45, 7) is 4.40. The van der Waals surface area contributed by atoms with Crippen molar-refractivity contribution in [3.8, 4) is 0 Å². The molecular formula is C21H19N3O2S. The largest absolute Gasteiger partial charge is 0.378 e. The molecule has 0 saturated carbocycles. The number of nitrogens with one attached hydrogen (secondary N) is 1. The molecule has 3 aromatic rings.